The van der Waals surface area contributed by atoms with Crippen molar-refractivity contribution < 1.29 is 13.5 Å². The van der Waals surface area contributed by atoms with Crippen molar-refractivity contribution in [1.29, 1.82) is 0 Å². The minimum Gasteiger partial charge on any atom is -0.391 e. The maximum absolute atomic E-state index is 11.9. The van der Waals surface area contributed by atoms with E-state index in [9.17, 15) is 13.5 Å². The summed E-state index contributed by atoms with van der Waals surface area (Å²) >= 11 is 5.77. The van der Waals surface area contributed by atoms with Crippen LogP contribution in [0.3, 0.4) is 0 Å². The van der Waals surface area contributed by atoms with Crippen molar-refractivity contribution >= 4 is 27.7 Å². The summed E-state index contributed by atoms with van der Waals surface area (Å²) in [6.45, 7) is 0.0674. The third-order valence-electron chi connectivity index (χ3n) is 3.75. The summed E-state index contributed by atoms with van der Waals surface area (Å²) < 4.78 is 26.1. The summed E-state index contributed by atoms with van der Waals surface area (Å²) in [4.78, 5) is 0. The number of aliphatic hydroxyl groups is 1. The molecule has 0 amide bonds. The molecule has 2 rings (SSSR count). The molecular formula is C15H20ClNO3S. The van der Waals surface area contributed by atoms with Crippen LogP contribution >= 0.6 is 11.6 Å². The van der Waals surface area contributed by atoms with Gasteiger partial charge < -0.3 is 5.11 Å². The number of aliphatic hydroxyl groups excluding tert-OH is 1. The highest BCUT2D eigenvalue weighted by atomic mass is 35.5. The van der Waals surface area contributed by atoms with Crippen LogP contribution in [0.2, 0.25) is 5.02 Å². The predicted molar refractivity (Wildman–Crippen MR) is 85.4 cm³/mol. The van der Waals surface area contributed by atoms with Gasteiger partial charge in [0.1, 0.15) is 0 Å². The lowest BCUT2D eigenvalue weighted by Gasteiger charge is -2.17. The van der Waals surface area contributed by atoms with Crippen LogP contribution in [0.15, 0.2) is 29.7 Å². The van der Waals surface area contributed by atoms with Crippen LogP contribution in [0.4, 0.5) is 0 Å². The molecule has 1 aliphatic rings. The summed E-state index contributed by atoms with van der Waals surface area (Å²) in [6.07, 6.45) is 5.08. The average Bonchev–Trinajstić information content (AvgIpc) is 2.99. The molecule has 4 nitrogen and oxygen atoms in total. The van der Waals surface area contributed by atoms with E-state index in [0.717, 1.165) is 36.7 Å². The number of halogens is 1. The Labute approximate surface area is 130 Å². The molecule has 1 aromatic rings. The first-order valence-electron chi connectivity index (χ1n) is 7.08. The van der Waals surface area contributed by atoms with E-state index in [2.05, 4.69) is 4.72 Å². The molecule has 1 atom stereocenters. The molecule has 1 unspecified atom stereocenters. The molecule has 116 valence electrons. The van der Waals surface area contributed by atoms with Crippen LogP contribution in [-0.2, 0) is 10.0 Å². The molecule has 2 N–H and O–H groups in total. The molecule has 0 aromatic heterocycles. The first-order valence-corrected chi connectivity index (χ1v) is 9.00. The van der Waals surface area contributed by atoms with Gasteiger partial charge in [0, 0.05) is 17.0 Å². The van der Waals surface area contributed by atoms with Crippen molar-refractivity contribution in [1.82, 2.24) is 4.72 Å². The minimum atomic E-state index is -3.54. The number of rotatable bonds is 6. The molecular weight excluding hydrogens is 310 g/mol. The monoisotopic (exact) mass is 329 g/mol. The molecule has 1 aromatic carbocycles. The number of nitrogens with one attached hydrogen (secondary N) is 1. The van der Waals surface area contributed by atoms with Crippen LogP contribution in [0.1, 0.15) is 31.2 Å². The van der Waals surface area contributed by atoms with Gasteiger partial charge in [-0.25, -0.2) is 13.1 Å². The SMILES string of the molecule is O=S(=O)(/C=C/c1ccc(Cl)cc1)NCC(O)C1CCCC1. The first-order chi connectivity index (χ1) is 9.96. The van der Waals surface area contributed by atoms with Gasteiger partial charge in [-0.05, 0) is 42.5 Å². The van der Waals surface area contributed by atoms with Crippen LogP contribution in [0, 0.1) is 5.92 Å². The Kier molecular flexibility index (Phi) is 5.81. The van der Waals surface area contributed by atoms with Gasteiger partial charge in [0.15, 0.2) is 0 Å². The van der Waals surface area contributed by atoms with Crippen LogP contribution in [0.5, 0.6) is 0 Å². The van der Waals surface area contributed by atoms with E-state index in [4.69, 9.17) is 11.6 Å². The molecule has 0 heterocycles. The number of sulfonamides is 1. The zero-order valence-electron chi connectivity index (χ0n) is 11.7. The van der Waals surface area contributed by atoms with E-state index in [-0.39, 0.29) is 12.5 Å². The van der Waals surface area contributed by atoms with Gasteiger partial charge in [0.25, 0.3) is 0 Å². The molecule has 0 radical (unpaired) electrons. The van der Waals surface area contributed by atoms with E-state index in [1.54, 1.807) is 24.3 Å². The van der Waals surface area contributed by atoms with Gasteiger partial charge in [0.05, 0.1) is 6.10 Å². The lowest BCUT2D eigenvalue weighted by molar-refractivity contribution is 0.115. The van der Waals surface area contributed by atoms with Gasteiger partial charge in [-0.1, -0.05) is 36.6 Å². The summed E-state index contributed by atoms with van der Waals surface area (Å²) in [6, 6.07) is 6.87. The molecule has 0 spiro atoms. The van der Waals surface area contributed by atoms with Crippen LogP contribution in [-0.4, -0.2) is 26.2 Å². The Morgan fingerprint density at radius 1 is 1.29 bits per heavy atom. The average molecular weight is 330 g/mol. The highest BCUT2D eigenvalue weighted by Crippen LogP contribution is 2.27. The zero-order valence-corrected chi connectivity index (χ0v) is 13.3. The van der Waals surface area contributed by atoms with Crippen molar-refractivity contribution in [3.8, 4) is 0 Å². The highest BCUT2D eigenvalue weighted by Gasteiger charge is 2.23. The Morgan fingerprint density at radius 2 is 1.90 bits per heavy atom. The normalized spacial score (nSPS) is 18.4. The molecule has 0 aliphatic heterocycles. The van der Waals surface area contributed by atoms with E-state index in [1.165, 1.54) is 6.08 Å². The van der Waals surface area contributed by atoms with Crippen molar-refractivity contribution in [2.75, 3.05) is 6.54 Å². The van der Waals surface area contributed by atoms with E-state index < -0.39 is 16.1 Å². The van der Waals surface area contributed by atoms with E-state index >= 15 is 0 Å². The summed E-state index contributed by atoms with van der Waals surface area (Å²) in [7, 11) is -3.54. The van der Waals surface area contributed by atoms with E-state index in [1.807, 2.05) is 0 Å². The Morgan fingerprint density at radius 3 is 2.52 bits per heavy atom. The van der Waals surface area contributed by atoms with Crippen LogP contribution < -0.4 is 4.72 Å². The minimum absolute atomic E-state index is 0.0674. The fraction of sp³-hybridized carbons (Fsp3) is 0.467. The highest BCUT2D eigenvalue weighted by molar-refractivity contribution is 7.92. The maximum Gasteiger partial charge on any atom is 0.233 e. The standard InChI is InChI=1S/C15H20ClNO3S/c16-14-7-5-12(6-8-14)9-10-21(19,20)17-11-15(18)13-3-1-2-4-13/h5-10,13,15,17-18H,1-4,11H2/b10-9+. The molecule has 1 aliphatic carbocycles. The molecule has 1 fully saturated rings. The summed E-state index contributed by atoms with van der Waals surface area (Å²) in [5, 5.41) is 11.7. The van der Waals surface area contributed by atoms with Gasteiger partial charge in [-0.15, -0.1) is 0 Å². The largest absolute Gasteiger partial charge is 0.391 e. The molecule has 6 heteroatoms. The van der Waals surface area contributed by atoms with Gasteiger partial charge in [-0.3, -0.25) is 0 Å². The van der Waals surface area contributed by atoms with Crippen molar-refractivity contribution in [3.05, 3.63) is 40.3 Å². The van der Waals surface area contributed by atoms with Gasteiger partial charge in [-0.2, -0.15) is 0 Å². The third kappa shape index (κ3) is 5.43. The zero-order chi connectivity index (χ0) is 15.3. The molecule has 0 bridgehead atoms. The van der Waals surface area contributed by atoms with Crippen molar-refractivity contribution in [2.45, 2.75) is 31.8 Å². The second kappa shape index (κ2) is 7.40. The van der Waals surface area contributed by atoms with Crippen molar-refractivity contribution in [3.63, 3.8) is 0 Å². The Balaban J connectivity index is 1.87. The first kappa shape index (κ1) is 16.5. The quantitative estimate of drug-likeness (QED) is 0.843. The lowest BCUT2D eigenvalue weighted by atomic mass is 10.0. The van der Waals surface area contributed by atoms with Gasteiger partial charge in [0.2, 0.25) is 10.0 Å². The Hall–Kier alpha value is -0.880. The summed E-state index contributed by atoms with van der Waals surface area (Å²) in [5.41, 5.74) is 0.751. The van der Waals surface area contributed by atoms with Crippen LogP contribution in [0.25, 0.3) is 6.08 Å². The fourth-order valence-corrected chi connectivity index (χ4v) is 3.46. The van der Waals surface area contributed by atoms with E-state index in [0.29, 0.717) is 5.02 Å². The molecule has 21 heavy (non-hydrogen) atoms. The summed E-state index contributed by atoms with van der Waals surface area (Å²) in [5.74, 6) is 0.216. The molecule has 0 saturated heterocycles. The third-order valence-corrected chi connectivity index (χ3v) is 5.06. The number of benzene rings is 1. The Bertz CT molecular complexity index is 577. The number of hydrogen-bond donors (Lipinski definition) is 2. The second-order valence-corrected chi connectivity index (χ2v) is 7.45. The predicted octanol–water partition coefficient (Wildman–Crippen LogP) is 2.78. The number of hydrogen-bond acceptors (Lipinski definition) is 3. The smallest absolute Gasteiger partial charge is 0.233 e. The van der Waals surface area contributed by atoms with Crippen molar-refractivity contribution in [2.24, 2.45) is 5.92 Å². The maximum atomic E-state index is 11.9. The topological polar surface area (TPSA) is 66.4 Å². The molecule has 1 saturated carbocycles. The fourth-order valence-electron chi connectivity index (χ4n) is 2.50. The second-order valence-electron chi connectivity index (χ2n) is 5.36. The van der Waals surface area contributed by atoms with Gasteiger partial charge >= 0.3 is 0 Å². The lowest BCUT2D eigenvalue weighted by Crippen LogP contribution is -2.34.